The molecule has 3 aromatic rings. The number of carbonyl (C=O) groups is 2. The van der Waals surface area contributed by atoms with Gasteiger partial charge in [0.2, 0.25) is 5.91 Å². The number of hydrogen-bond acceptors (Lipinski definition) is 5. The van der Waals surface area contributed by atoms with Crippen molar-refractivity contribution >= 4 is 33.2 Å². The largest absolute Gasteiger partial charge is 0.385 e. The molecule has 0 unspecified atom stereocenters. The van der Waals surface area contributed by atoms with Gasteiger partial charge in [0.25, 0.3) is 15.9 Å². The smallest absolute Gasteiger partial charge is 0.264 e. The van der Waals surface area contributed by atoms with Crippen molar-refractivity contribution in [3.05, 3.63) is 90.2 Å². The number of carbonyl (C=O) groups excluding carboxylic acids is 2. The summed E-state index contributed by atoms with van der Waals surface area (Å²) in [5.41, 5.74) is 0.746. The summed E-state index contributed by atoms with van der Waals surface area (Å²) in [6.45, 7) is 0.330. The van der Waals surface area contributed by atoms with Crippen molar-refractivity contribution in [3.8, 4) is 0 Å². The molecule has 35 heavy (non-hydrogen) atoms. The normalized spacial score (nSPS) is 11.0. The van der Waals surface area contributed by atoms with Crippen LogP contribution in [0.15, 0.2) is 83.8 Å². The Balaban J connectivity index is 1.82. The van der Waals surface area contributed by atoms with Gasteiger partial charge in [0.05, 0.1) is 21.8 Å². The van der Waals surface area contributed by atoms with Gasteiger partial charge in [-0.15, -0.1) is 0 Å². The van der Waals surface area contributed by atoms with E-state index in [1.165, 1.54) is 0 Å². The Morgan fingerprint density at radius 1 is 0.943 bits per heavy atom. The lowest BCUT2D eigenvalue weighted by atomic mass is 10.1. The molecule has 0 radical (unpaired) electrons. The molecular weight excluding hydrogens is 473 g/mol. The number of methoxy groups -OCH3 is 1. The quantitative estimate of drug-likeness (QED) is 0.394. The first kappa shape index (κ1) is 25.9. The molecule has 2 N–H and O–H groups in total. The fraction of sp³-hybridized carbons (Fsp3) is 0.200. The fourth-order valence-corrected chi connectivity index (χ4v) is 4.69. The van der Waals surface area contributed by atoms with Gasteiger partial charge in [0.1, 0.15) is 12.4 Å². The van der Waals surface area contributed by atoms with E-state index in [-0.39, 0.29) is 27.7 Å². The summed E-state index contributed by atoms with van der Waals surface area (Å²) in [5, 5.41) is 5.39. The van der Waals surface area contributed by atoms with Crippen molar-refractivity contribution in [1.29, 1.82) is 0 Å². The van der Waals surface area contributed by atoms with Crippen LogP contribution in [0.2, 0.25) is 0 Å². The number of anilines is 2. The van der Waals surface area contributed by atoms with E-state index >= 15 is 0 Å². The lowest BCUT2D eigenvalue weighted by molar-refractivity contribution is -0.114. The minimum atomic E-state index is -4.19. The van der Waals surface area contributed by atoms with Crippen molar-refractivity contribution in [3.63, 3.8) is 0 Å². The lowest BCUT2D eigenvalue weighted by Crippen LogP contribution is -2.38. The molecule has 0 fully saturated rings. The highest BCUT2D eigenvalue weighted by atomic mass is 32.2. The summed E-state index contributed by atoms with van der Waals surface area (Å²) < 4.78 is 45.9. The van der Waals surface area contributed by atoms with Crippen LogP contribution in [-0.2, 0) is 19.6 Å². The van der Waals surface area contributed by atoms with Crippen LogP contribution in [0, 0.1) is 5.82 Å². The van der Waals surface area contributed by atoms with Gasteiger partial charge < -0.3 is 15.4 Å². The Morgan fingerprint density at radius 2 is 1.60 bits per heavy atom. The van der Waals surface area contributed by atoms with E-state index in [9.17, 15) is 22.4 Å². The van der Waals surface area contributed by atoms with Crippen LogP contribution in [-0.4, -0.2) is 47.0 Å². The number of benzene rings is 3. The number of ether oxygens (including phenoxy) is 1. The second-order valence-electron chi connectivity index (χ2n) is 7.50. The lowest BCUT2D eigenvalue weighted by Gasteiger charge is -2.24. The van der Waals surface area contributed by atoms with E-state index in [2.05, 4.69) is 10.6 Å². The zero-order chi connectivity index (χ0) is 25.3. The number of para-hydroxylation sites is 2. The molecule has 2 amide bonds. The van der Waals surface area contributed by atoms with Crippen molar-refractivity contribution in [1.82, 2.24) is 5.32 Å². The maximum atomic E-state index is 13.4. The highest BCUT2D eigenvalue weighted by Crippen LogP contribution is 2.24. The first-order chi connectivity index (χ1) is 16.8. The highest BCUT2D eigenvalue weighted by molar-refractivity contribution is 7.92. The summed E-state index contributed by atoms with van der Waals surface area (Å²) in [4.78, 5) is 25.4. The van der Waals surface area contributed by atoms with E-state index < -0.39 is 28.3 Å². The van der Waals surface area contributed by atoms with E-state index in [0.717, 1.165) is 28.6 Å². The van der Waals surface area contributed by atoms with Gasteiger partial charge >= 0.3 is 0 Å². The number of amides is 2. The molecule has 0 aliphatic heterocycles. The van der Waals surface area contributed by atoms with Gasteiger partial charge in [-0.1, -0.05) is 30.3 Å². The molecule has 0 aliphatic carbocycles. The van der Waals surface area contributed by atoms with Gasteiger partial charge in [-0.3, -0.25) is 13.9 Å². The molecule has 0 bridgehead atoms. The standard InChI is InChI=1S/C25H26FN3O5S/c1-34-17-7-16-27-25(31)22-10-5-6-11-23(22)28-24(30)18-29(20-8-3-2-4-9-20)35(32,33)21-14-12-19(26)13-15-21/h2-6,8-15H,7,16-18H2,1H3,(H,27,31)(H,28,30). The topological polar surface area (TPSA) is 105 Å². The number of nitrogens with zero attached hydrogens (tertiary/aromatic N) is 1. The van der Waals surface area contributed by atoms with Crippen LogP contribution in [0.25, 0.3) is 0 Å². The minimum absolute atomic E-state index is 0.161. The Bertz CT molecular complexity index is 1250. The van der Waals surface area contributed by atoms with E-state index in [0.29, 0.717) is 19.6 Å². The van der Waals surface area contributed by atoms with Crippen LogP contribution in [0.4, 0.5) is 15.8 Å². The number of nitrogens with one attached hydrogen (secondary N) is 2. The van der Waals surface area contributed by atoms with Gasteiger partial charge in [-0.05, 0) is 55.0 Å². The zero-order valence-electron chi connectivity index (χ0n) is 19.1. The number of halogens is 1. The van der Waals surface area contributed by atoms with E-state index in [4.69, 9.17) is 4.74 Å². The number of rotatable bonds is 11. The molecule has 0 aromatic heterocycles. The molecule has 184 valence electrons. The summed E-state index contributed by atoms with van der Waals surface area (Å²) in [7, 11) is -2.62. The SMILES string of the molecule is COCCCNC(=O)c1ccccc1NC(=O)CN(c1ccccc1)S(=O)(=O)c1ccc(F)cc1. The molecule has 8 nitrogen and oxygen atoms in total. The maximum absolute atomic E-state index is 13.4. The van der Waals surface area contributed by atoms with Crippen molar-refractivity contribution < 1.29 is 27.1 Å². The molecule has 0 atom stereocenters. The average Bonchev–Trinajstić information content (AvgIpc) is 2.86. The molecule has 0 heterocycles. The van der Waals surface area contributed by atoms with Crippen LogP contribution in [0.1, 0.15) is 16.8 Å². The molecule has 0 aliphatic rings. The maximum Gasteiger partial charge on any atom is 0.264 e. The fourth-order valence-electron chi connectivity index (χ4n) is 3.27. The van der Waals surface area contributed by atoms with Gasteiger partial charge in [0, 0.05) is 20.3 Å². The summed E-state index contributed by atoms with van der Waals surface area (Å²) >= 11 is 0. The Hall–Kier alpha value is -3.76. The van der Waals surface area contributed by atoms with Crippen LogP contribution >= 0.6 is 0 Å². The molecule has 3 aromatic carbocycles. The van der Waals surface area contributed by atoms with Crippen LogP contribution in [0.5, 0.6) is 0 Å². The van der Waals surface area contributed by atoms with Crippen molar-refractivity contribution in [2.75, 3.05) is 36.4 Å². The highest BCUT2D eigenvalue weighted by Gasteiger charge is 2.27. The van der Waals surface area contributed by atoms with Crippen molar-refractivity contribution in [2.45, 2.75) is 11.3 Å². The second kappa shape index (κ2) is 12.1. The first-order valence-electron chi connectivity index (χ1n) is 10.8. The van der Waals surface area contributed by atoms with Gasteiger partial charge in [-0.25, -0.2) is 12.8 Å². The zero-order valence-corrected chi connectivity index (χ0v) is 19.9. The number of sulfonamides is 1. The molecule has 0 saturated heterocycles. The summed E-state index contributed by atoms with van der Waals surface area (Å²) in [5.74, 6) is -1.61. The monoisotopic (exact) mass is 499 g/mol. The third-order valence-electron chi connectivity index (χ3n) is 4.99. The third kappa shape index (κ3) is 6.87. The van der Waals surface area contributed by atoms with Gasteiger partial charge in [-0.2, -0.15) is 0 Å². The average molecular weight is 500 g/mol. The molecule has 0 spiro atoms. The molecular formula is C25H26FN3O5S. The third-order valence-corrected chi connectivity index (χ3v) is 6.78. The van der Waals surface area contributed by atoms with E-state index in [1.54, 1.807) is 61.7 Å². The molecule has 10 heteroatoms. The second-order valence-corrected chi connectivity index (χ2v) is 9.36. The Morgan fingerprint density at radius 3 is 2.29 bits per heavy atom. The first-order valence-corrected chi connectivity index (χ1v) is 12.3. The summed E-state index contributed by atoms with van der Waals surface area (Å²) in [6.07, 6.45) is 0.629. The predicted molar refractivity (Wildman–Crippen MR) is 131 cm³/mol. The minimum Gasteiger partial charge on any atom is -0.385 e. The Labute approximate surface area is 203 Å². The molecule has 3 rings (SSSR count). The van der Waals surface area contributed by atoms with E-state index in [1.807, 2.05) is 0 Å². The number of hydrogen-bond donors (Lipinski definition) is 2. The van der Waals surface area contributed by atoms with Crippen LogP contribution in [0.3, 0.4) is 0 Å². The predicted octanol–water partition coefficient (Wildman–Crippen LogP) is 3.43. The van der Waals surface area contributed by atoms with Crippen LogP contribution < -0.4 is 14.9 Å². The molecule has 0 saturated carbocycles. The van der Waals surface area contributed by atoms with Gasteiger partial charge in [0.15, 0.2) is 0 Å². The summed E-state index contributed by atoms with van der Waals surface area (Å²) in [6, 6.07) is 18.9. The van der Waals surface area contributed by atoms with Crippen molar-refractivity contribution in [2.24, 2.45) is 0 Å². The Kier molecular flexibility index (Phi) is 8.93.